The topological polar surface area (TPSA) is 72.5 Å². The number of ether oxygens (including phenoxy) is 1. The third kappa shape index (κ3) is 4.04. The Morgan fingerprint density at radius 3 is 2.42 bits per heavy atom. The molecule has 0 heterocycles. The summed E-state index contributed by atoms with van der Waals surface area (Å²) in [6.07, 6.45) is 0. The van der Waals surface area contributed by atoms with Gasteiger partial charge < -0.3 is 4.74 Å². The van der Waals surface area contributed by atoms with Crippen molar-refractivity contribution in [3.63, 3.8) is 0 Å². The van der Waals surface area contributed by atoms with Crippen molar-refractivity contribution in [2.75, 3.05) is 7.11 Å². The van der Waals surface area contributed by atoms with Crippen molar-refractivity contribution in [1.82, 2.24) is 4.72 Å². The first-order valence-corrected chi connectivity index (χ1v) is 7.47. The molecule has 1 N–H and O–H groups in total. The molecule has 5 nitrogen and oxygen atoms in total. The van der Waals surface area contributed by atoms with E-state index in [4.69, 9.17) is 0 Å². The summed E-state index contributed by atoms with van der Waals surface area (Å²) < 4.78 is 31.4. The Kier molecular flexibility index (Phi) is 5.08. The molecule has 0 bridgehead atoms. The van der Waals surface area contributed by atoms with E-state index in [0.29, 0.717) is 0 Å². The summed E-state index contributed by atoms with van der Waals surface area (Å²) in [5.74, 6) is -0.382. The number of sulfonamides is 1. The van der Waals surface area contributed by atoms with Gasteiger partial charge in [-0.1, -0.05) is 19.9 Å². The Balaban J connectivity index is 3.05. The molecule has 0 saturated carbocycles. The minimum absolute atomic E-state index is 0.0582. The molecule has 0 fully saturated rings. The minimum Gasteiger partial charge on any atom is -0.465 e. The lowest BCUT2D eigenvalue weighted by Crippen LogP contribution is -2.36. The lowest BCUT2D eigenvalue weighted by atomic mass is 10.1. The smallest absolute Gasteiger partial charge is 0.337 e. The van der Waals surface area contributed by atoms with Gasteiger partial charge in [0.25, 0.3) is 0 Å². The Morgan fingerprint density at radius 1 is 1.26 bits per heavy atom. The van der Waals surface area contributed by atoms with E-state index in [1.165, 1.54) is 31.4 Å². The van der Waals surface area contributed by atoms with Gasteiger partial charge in [-0.25, -0.2) is 17.9 Å². The molecule has 19 heavy (non-hydrogen) atoms. The third-order valence-corrected chi connectivity index (χ3v) is 4.46. The largest absolute Gasteiger partial charge is 0.465 e. The molecule has 0 aliphatic heterocycles. The zero-order valence-electron chi connectivity index (χ0n) is 11.5. The summed E-state index contributed by atoms with van der Waals surface area (Å²) in [5, 5.41) is 0. The number of hydrogen-bond acceptors (Lipinski definition) is 4. The number of benzene rings is 1. The fourth-order valence-corrected chi connectivity index (χ4v) is 2.79. The van der Waals surface area contributed by atoms with Crippen LogP contribution in [0.2, 0.25) is 0 Å². The number of methoxy groups -OCH3 is 1. The van der Waals surface area contributed by atoms with Gasteiger partial charge in [0.05, 0.1) is 17.6 Å². The monoisotopic (exact) mass is 285 g/mol. The molecule has 0 aliphatic rings. The van der Waals surface area contributed by atoms with Crippen LogP contribution < -0.4 is 4.72 Å². The van der Waals surface area contributed by atoms with Crippen molar-refractivity contribution >= 4 is 16.0 Å². The zero-order chi connectivity index (χ0) is 14.6. The molecular weight excluding hydrogens is 266 g/mol. The first-order valence-electron chi connectivity index (χ1n) is 5.98. The second-order valence-corrected chi connectivity index (χ2v) is 6.39. The van der Waals surface area contributed by atoms with Crippen LogP contribution in [0, 0.1) is 5.92 Å². The predicted octanol–water partition coefficient (Wildman–Crippen LogP) is 1.80. The predicted molar refractivity (Wildman–Crippen MR) is 72.4 cm³/mol. The van der Waals surface area contributed by atoms with E-state index in [1.54, 1.807) is 6.92 Å². The van der Waals surface area contributed by atoms with Crippen LogP contribution in [-0.4, -0.2) is 27.5 Å². The van der Waals surface area contributed by atoms with E-state index in [2.05, 4.69) is 9.46 Å². The minimum atomic E-state index is -3.63. The first-order chi connectivity index (χ1) is 8.77. The van der Waals surface area contributed by atoms with Crippen molar-refractivity contribution in [3.8, 4) is 0 Å². The molecule has 0 saturated heterocycles. The summed E-state index contributed by atoms with van der Waals surface area (Å²) in [6, 6.07) is 5.59. The SMILES string of the molecule is COC(=O)c1cccc(S(=O)(=O)NC(C)C(C)C)c1. The number of nitrogens with one attached hydrogen (secondary N) is 1. The molecule has 1 aromatic carbocycles. The second-order valence-electron chi connectivity index (χ2n) is 4.67. The summed E-state index contributed by atoms with van der Waals surface area (Å²) in [5.41, 5.74) is 0.211. The van der Waals surface area contributed by atoms with Gasteiger partial charge >= 0.3 is 5.97 Å². The lowest BCUT2D eigenvalue weighted by molar-refractivity contribution is 0.0600. The number of carbonyl (C=O) groups excluding carboxylic acids is 1. The van der Waals surface area contributed by atoms with Gasteiger partial charge in [0.15, 0.2) is 0 Å². The van der Waals surface area contributed by atoms with E-state index >= 15 is 0 Å². The standard InChI is InChI=1S/C13H19NO4S/c1-9(2)10(3)14-19(16,17)12-7-5-6-11(8-12)13(15)18-4/h5-10,14H,1-4H3. The van der Waals surface area contributed by atoms with Crippen LogP contribution >= 0.6 is 0 Å². The average molecular weight is 285 g/mol. The van der Waals surface area contributed by atoms with Gasteiger partial charge in [-0.05, 0) is 31.0 Å². The fraction of sp³-hybridized carbons (Fsp3) is 0.462. The lowest BCUT2D eigenvalue weighted by Gasteiger charge is -2.17. The quantitative estimate of drug-likeness (QED) is 0.837. The van der Waals surface area contributed by atoms with Gasteiger partial charge in [-0.2, -0.15) is 0 Å². The summed E-state index contributed by atoms with van der Waals surface area (Å²) in [7, 11) is -2.37. The van der Waals surface area contributed by atoms with E-state index in [9.17, 15) is 13.2 Å². The maximum Gasteiger partial charge on any atom is 0.337 e. The Labute approximate surface area is 114 Å². The van der Waals surface area contributed by atoms with Gasteiger partial charge in [0, 0.05) is 6.04 Å². The molecule has 0 aromatic heterocycles. The van der Waals surface area contributed by atoms with E-state index in [1.807, 2.05) is 13.8 Å². The molecule has 1 rings (SSSR count). The van der Waals surface area contributed by atoms with Crippen LogP contribution in [-0.2, 0) is 14.8 Å². The molecule has 0 amide bonds. The number of esters is 1. The molecule has 1 unspecified atom stereocenters. The zero-order valence-corrected chi connectivity index (χ0v) is 12.3. The highest BCUT2D eigenvalue weighted by Crippen LogP contribution is 2.14. The van der Waals surface area contributed by atoms with Gasteiger partial charge in [0.1, 0.15) is 0 Å². The maximum absolute atomic E-state index is 12.1. The highest BCUT2D eigenvalue weighted by atomic mass is 32.2. The van der Waals surface area contributed by atoms with Crippen molar-refractivity contribution in [2.45, 2.75) is 31.7 Å². The number of hydrogen-bond donors (Lipinski definition) is 1. The highest BCUT2D eigenvalue weighted by Gasteiger charge is 2.20. The normalized spacial score (nSPS) is 13.3. The van der Waals surface area contributed by atoms with Crippen LogP contribution in [0.5, 0.6) is 0 Å². The fourth-order valence-electron chi connectivity index (χ4n) is 1.36. The van der Waals surface area contributed by atoms with Crippen molar-refractivity contribution < 1.29 is 17.9 Å². The van der Waals surface area contributed by atoms with Gasteiger partial charge in [-0.3, -0.25) is 0 Å². The molecular formula is C13H19NO4S. The van der Waals surface area contributed by atoms with Crippen molar-refractivity contribution in [3.05, 3.63) is 29.8 Å². The Morgan fingerprint density at radius 2 is 1.89 bits per heavy atom. The highest BCUT2D eigenvalue weighted by molar-refractivity contribution is 7.89. The van der Waals surface area contributed by atoms with E-state index in [-0.39, 0.29) is 22.4 Å². The van der Waals surface area contributed by atoms with Crippen LogP contribution in [0.15, 0.2) is 29.2 Å². The van der Waals surface area contributed by atoms with Gasteiger partial charge in [-0.15, -0.1) is 0 Å². The molecule has 6 heteroatoms. The summed E-state index contributed by atoms with van der Waals surface area (Å²) in [4.78, 5) is 11.4. The van der Waals surface area contributed by atoms with Crippen molar-refractivity contribution in [1.29, 1.82) is 0 Å². The maximum atomic E-state index is 12.1. The number of rotatable bonds is 5. The van der Waals surface area contributed by atoms with Crippen LogP contribution in [0.3, 0.4) is 0 Å². The van der Waals surface area contributed by atoms with Gasteiger partial charge in [0.2, 0.25) is 10.0 Å². The molecule has 0 radical (unpaired) electrons. The second kappa shape index (κ2) is 6.16. The molecule has 0 spiro atoms. The Bertz CT molecular complexity index is 552. The molecule has 1 aromatic rings. The molecule has 0 aliphatic carbocycles. The number of carbonyl (C=O) groups is 1. The average Bonchev–Trinajstić information content (AvgIpc) is 2.37. The summed E-state index contributed by atoms with van der Waals surface area (Å²) >= 11 is 0. The summed E-state index contributed by atoms with van der Waals surface area (Å²) in [6.45, 7) is 5.66. The Hall–Kier alpha value is -1.40. The first kappa shape index (κ1) is 15.7. The van der Waals surface area contributed by atoms with Crippen LogP contribution in [0.4, 0.5) is 0 Å². The van der Waals surface area contributed by atoms with E-state index < -0.39 is 16.0 Å². The molecule has 106 valence electrons. The molecule has 1 atom stereocenters. The third-order valence-electron chi connectivity index (χ3n) is 2.91. The van der Waals surface area contributed by atoms with Crippen LogP contribution in [0.25, 0.3) is 0 Å². The van der Waals surface area contributed by atoms with E-state index in [0.717, 1.165) is 0 Å². The van der Waals surface area contributed by atoms with Crippen molar-refractivity contribution in [2.24, 2.45) is 5.92 Å². The van der Waals surface area contributed by atoms with Crippen LogP contribution in [0.1, 0.15) is 31.1 Å².